The first-order valence-corrected chi connectivity index (χ1v) is 6.30. The first kappa shape index (κ1) is 13.1. The zero-order valence-corrected chi connectivity index (χ0v) is 10.7. The highest BCUT2D eigenvalue weighted by Gasteiger charge is 2.42. The van der Waals surface area contributed by atoms with E-state index in [-0.39, 0.29) is 12.0 Å². The SMILES string of the molecule is CN(CCc1ccccc1)C1(CC(=O)O)CNC1. The van der Waals surface area contributed by atoms with Crippen LogP contribution in [0, 0.1) is 0 Å². The van der Waals surface area contributed by atoms with Crippen LogP contribution in [0.4, 0.5) is 0 Å². The van der Waals surface area contributed by atoms with E-state index in [1.54, 1.807) is 0 Å². The van der Waals surface area contributed by atoms with Crippen LogP contribution in [-0.2, 0) is 11.2 Å². The summed E-state index contributed by atoms with van der Waals surface area (Å²) in [5.74, 6) is -0.719. The van der Waals surface area contributed by atoms with Crippen molar-refractivity contribution >= 4 is 5.97 Å². The van der Waals surface area contributed by atoms with E-state index in [2.05, 4.69) is 22.3 Å². The van der Waals surface area contributed by atoms with Gasteiger partial charge >= 0.3 is 5.97 Å². The highest BCUT2D eigenvalue weighted by atomic mass is 16.4. The number of nitrogens with zero attached hydrogens (tertiary/aromatic N) is 1. The molecule has 1 fully saturated rings. The van der Waals surface area contributed by atoms with Crippen molar-refractivity contribution in [3.05, 3.63) is 35.9 Å². The van der Waals surface area contributed by atoms with Crippen molar-refractivity contribution in [2.24, 2.45) is 0 Å². The van der Waals surface area contributed by atoms with Gasteiger partial charge in [-0.25, -0.2) is 0 Å². The van der Waals surface area contributed by atoms with E-state index in [1.165, 1.54) is 5.56 Å². The molecule has 0 aromatic heterocycles. The number of rotatable bonds is 6. The molecule has 0 spiro atoms. The minimum absolute atomic E-state index is 0.194. The Kier molecular flexibility index (Phi) is 3.99. The molecule has 4 heteroatoms. The average Bonchev–Trinajstić information content (AvgIpc) is 2.32. The molecule has 4 nitrogen and oxygen atoms in total. The third-order valence-corrected chi connectivity index (χ3v) is 3.78. The number of aliphatic carboxylic acids is 1. The first-order valence-electron chi connectivity index (χ1n) is 6.30. The summed E-state index contributed by atoms with van der Waals surface area (Å²) in [6, 6.07) is 10.3. The van der Waals surface area contributed by atoms with Gasteiger partial charge in [0.2, 0.25) is 0 Å². The standard InChI is InChI=1S/C14H20N2O2/c1-16(8-7-12-5-3-2-4-6-12)14(9-13(17)18)10-15-11-14/h2-6,15H,7-11H2,1H3,(H,17,18). The van der Waals surface area contributed by atoms with Crippen molar-refractivity contribution in [2.45, 2.75) is 18.4 Å². The molecular weight excluding hydrogens is 228 g/mol. The predicted octanol–water partition coefficient (Wildman–Crippen LogP) is 0.978. The van der Waals surface area contributed by atoms with Gasteiger partial charge < -0.3 is 10.4 Å². The number of carbonyl (C=O) groups is 1. The van der Waals surface area contributed by atoms with E-state index in [4.69, 9.17) is 5.11 Å². The van der Waals surface area contributed by atoms with Crippen LogP contribution in [0.25, 0.3) is 0 Å². The summed E-state index contributed by atoms with van der Waals surface area (Å²) >= 11 is 0. The Bertz CT molecular complexity index is 402. The second kappa shape index (κ2) is 5.50. The van der Waals surface area contributed by atoms with Gasteiger partial charge in [-0.1, -0.05) is 30.3 Å². The Morgan fingerprint density at radius 3 is 2.56 bits per heavy atom. The van der Waals surface area contributed by atoms with E-state index in [1.807, 2.05) is 25.2 Å². The number of carboxylic acids is 1. The molecular formula is C14H20N2O2. The van der Waals surface area contributed by atoms with Crippen LogP contribution >= 0.6 is 0 Å². The van der Waals surface area contributed by atoms with E-state index >= 15 is 0 Å². The van der Waals surface area contributed by atoms with Gasteiger partial charge in [0.1, 0.15) is 0 Å². The van der Waals surface area contributed by atoms with Crippen molar-refractivity contribution in [2.75, 3.05) is 26.7 Å². The third kappa shape index (κ3) is 2.89. The second-order valence-electron chi connectivity index (χ2n) is 5.06. The molecule has 1 aromatic carbocycles. The van der Waals surface area contributed by atoms with Gasteiger partial charge in [-0.2, -0.15) is 0 Å². The Balaban J connectivity index is 1.90. The van der Waals surface area contributed by atoms with E-state index in [9.17, 15) is 4.79 Å². The summed E-state index contributed by atoms with van der Waals surface area (Å²) < 4.78 is 0. The molecule has 1 aliphatic heterocycles. The summed E-state index contributed by atoms with van der Waals surface area (Å²) in [4.78, 5) is 13.1. The molecule has 0 aliphatic carbocycles. The molecule has 1 aromatic rings. The quantitative estimate of drug-likeness (QED) is 0.788. The molecule has 18 heavy (non-hydrogen) atoms. The van der Waals surface area contributed by atoms with Crippen LogP contribution < -0.4 is 5.32 Å². The zero-order chi connectivity index (χ0) is 13.0. The predicted molar refractivity (Wildman–Crippen MR) is 70.6 cm³/mol. The first-order chi connectivity index (χ1) is 8.62. The van der Waals surface area contributed by atoms with Crippen molar-refractivity contribution in [1.29, 1.82) is 0 Å². The lowest BCUT2D eigenvalue weighted by Gasteiger charge is -2.48. The second-order valence-corrected chi connectivity index (χ2v) is 5.06. The number of hydrogen-bond acceptors (Lipinski definition) is 3. The molecule has 0 atom stereocenters. The Hall–Kier alpha value is -1.39. The van der Waals surface area contributed by atoms with Gasteiger partial charge in [-0.05, 0) is 19.0 Å². The van der Waals surface area contributed by atoms with Crippen LogP contribution in [0.5, 0.6) is 0 Å². The monoisotopic (exact) mass is 248 g/mol. The molecule has 0 unspecified atom stereocenters. The lowest BCUT2D eigenvalue weighted by Crippen LogP contribution is -2.68. The van der Waals surface area contributed by atoms with Gasteiger partial charge in [-0.3, -0.25) is 9.69 Å². The van der Waals surface area contributed by atoms with Gasteiger partial charge in [-0.15, -0.1) is 0 Å². The summed E-state index contributed by atoms with van der Waals surface area (Å²) in [6.07, 6.45) is 1.17. The highest BCUT2D eigenvalue weighted by Crippen LogP contribution is 2.23. The van der Waals surface area contributed by atoms with Crippen molar-refractivity contribution in [3.63, 3.8) is 0 Å². The molecule has 1 heterocycles. The lowest BCUT2D eigenvalue weighted by atomic mass is 9.86. The minimum Gasteiger partial charge on any atom is -0.481 e. The van der Waals surface area contributed by atoms with Gasteiger partial charge in [0.05, 0.1) is 12.0 Å². The summed E-state index contributed by atoms with van der Waals surface area (Å²) in [7, 11) is 2.02. The van der Waals surface area contributed by atoms with Crippen LogP contribution in [0.2, 0.25) is 0 Å². The normalized spacial score (nSPS) is 17.4. The molecule has 0 saturated carbocycles. The molecule has 2 rings (SSSR count). The van der Waals surface area contributed by atoms with Gasteiger partial charge in [0, 0.05) is 19.6 Å². The van der Waals surface area contributed by atoms with Crippen molar-refractivity contribution < 1.29 is 9.90 Å². The van der Waals surface area contributed by atoms with E-state index in [0.29, 0.717) is 0 Å². The molecule has 2 N–H and O–H groups in total. The summed E-state index contributed by atoms with van der Waals surface area (Å²) in [5.41, 5.74) is 1.10. The summed E-state index contributed by atoms with van der Waals surface area (Å²) in [5, 5.41) is 12.2. The molecule has 0 radical (unpaired) electrons. The molecule has 98 valence electrons. The van der Waals surface area contributed by atoms with E-state index < -0.39 is 5.97 Å². The van der Waals surface area contributed by atoms with Crippen molar-refractivity contribution in [3.8, 4) is 0 Å². The third-order valence-electron chi connectivity index (χ3n) is 3.78. The van der Waals surface area contributed by atoms with Crippen LogP contribution in [-0.4, -0.2) is 48.2 Å². The van der Waals surface area contributed by atoms with E-state index in [0.717, 1.165) is 26.1 Å². The Labute approximate surface area is 108 Å². The molecule has 0 amide bonds. The van der Waals surface area contributed by atoms with Gasteiger partial charge in [0.25, 0.3) is 0 Å². The molecule has 1 aliphatic rings. The number of benzene rings is 1. The molecule has 0 bridgehead atoms. The average molecular weight is 248 g/mol. The number of carboxylic acid groups (broad SMARTS) is 1. The minimum atomic E-state index is -0.719. The maximum Gasteiger partial charge on any atom is 0.305 e. The number of hydrogen-bond donors (Lipinski definition) is 2. The smallest absolute Gasteiger partial charge is 0.305 e. The number of nitrogens with one attached hydrogen (secondary N) is 1. The number of likely N-dealkylation sites (N-methyl/N-ethyl adjacent to an activating group) is 1. The fourth-order valence-electron chi connectivity index (χ4n) is 2.40. The lowest BCUT2D eigenvalue weighted by molar-refractivity contribution is -0.141. The summed E-state index contributed by atoms with van der Waals surface area (Å²) in [6.45, 7) is 2.42. The van der Waals surface area contributed by atoms with Crippen LogP contribution in [0.15, 0.2) is 30.3 Å². The highest BCUT2D eigenvalue weighted by molar-refractivity contribution is 5.68. The Morgan fingerprint density at radius 1 is 1.39 bits per heavy atom. The zero-order valence-electron chi connectivity index (χ0n) is 10.7. The van der Waals surface area contributed by atoms with Crippen molar-refractivity contribution in [1.82, 2.24) is 10.2 Å². The van der Waals surface area contributed by atoms with Gasteiger partial charge in [0.15, 0.2) is 0 Å². The maximum absolute atomic E-state index is 10.9. The fraction of sp³-hybridized carbons (Fsp3) is 0.500. The van der Waals surface area contributed by atoms with Crippen LogP contribution in [0.1, 0.15) is 12.0 Å². The van der Waals surface area contributed by atoms with Crippen LogP contribution in [0.3, 0.4) is 0 Å². The fourth-order valence-corrected chi connectivity index (χ4v) is 2.40. The topological polar surface area (TPSA) is 52.6 Å². The maximum atomic E-state index is 10.9. The molecule has 1 saturated heterocycles. The largest absolute Gasteiger partial charge is 0.481 e. The Morgan fingerprint density at radius 2 is 2.06 bits per heavy atom.